The van der Waals surface area contributed by atoms with Crippen LogP contribution in [0.2, 0.25) is 18.1 Å². The number of hydrogen-bond donors (Lipinski definition) is 0. The number of carbonyl (C=O) groups excluding carboxylic acids is 1. The molecule has 0 saturated heterocycles. The maximum absolute atomic E-state index is 11.5. The van der Waals surface area contributed by atoms with E-state index in [-0.39, 0.29) is 24.4 Å². The third kappa shape index (κ3) is 9.70. The molecule has 1 rings (SSSR count). The van der Waals surface area contributed by atoms with Crippen molar-refractivity contribution in [3.63, 3.8) is 0 Å². The van der Waals surface area contributed by atoms with Gasteiger partial charge < -0.3 is 13.9 Å². The molecule has 1 aromatic heterocycles. The Hall–Kier alpha value is -0.573. The third-order valence-corrected chi connectivity index (χ3v) is 10.4. The van der Waals surface area contributed by atoms with Gasteiger partial charge in [-0.3, -0.25) is 0 Å². The van der Waals surface area contributed by atoms with Crippen LogP contribution in [0.25, 0.3) is 6.08 Å². The average Bonchev–Trinajstić information content (AvgIpc) is 3.03. The van der Waals surface area contributed by atoms with E-state index < -0.39 is 18.3 Å². The molecule has 0 bridgehead atoms. The molecule has 0 aliphatic carbocycles. The van der Waals surface area contributed by atoms with Crippen molar-refractivity contribution in [2.24, 2.45) is 0 Å². The van der Waals surface area contributed by atoms with E-state index in [0.717, 1.165) is 17.7 Å². The first-order valence-corrected chi connectivity index (χ1v) is 14.3. The van der Waals surface area contributed by atoms with Crippen LogP contribution in [0, 0.1) is 0 Å². The lowest BCUT2D eigenvalue weighted by Gasteiger charge is -2.39. The fourth-order valence-corrected chi connectivity index (χ4v) is 4.27. The van der Waals surface area contributed by atoms with Gasteiger partial charge in [0, 0.05) is 5.38 Å². The van der Waals surface area contributed by atoms with Crippen molar-refractivity contribution >= 4 is 66.7 Å². The van der Waals surface area contributed by atoms with Crippen LogP contribution in [-0.2, 0) is 20.5 Å². The molecule has 170 valence electrons. The molecule has 1 unspecified atom stereocenters. The lowest BCUT2D eigenvalue weighted by molar-refractivity contribution is 0.0511. The highest BCUT2D eigenvalue weighted by Crippen LogP contribution is 2.38. The van der Waals surface area contributed by atoms with E-state index in [4.69, 9.17) is 48.7 Å². The van der Waals surface area contributed by atoms with Gasteiger partial charge in [0.25, 0.3) is 0 Å². The topological polar surface area (TPSA) is 57.7 Å². The van der Waals surface area contributed by atoms with Gasteiger partial charge in [-0.05, 0) is 43.1 Å². The number of halogens is 3. The van der Waals surface area contributed by atoms with E-state index >= 15 is 0 Å². The molecule has 1 heterocycles. The van der Waals surface area contributed by atoms with Gasteiger partial charge in [-0.25, -0.2) is 9.78 Å². The molecule has 30 heavy (non-hydrogen) atoms. The fourth-order valence-electron chi connectivity index (χ4n) is 2.10. The number of hydrogen-bond acceptors (Lipinski definition) is 6. The Kier molecular flexibility index (Phi) is 10.4. The summed E-state index contributed by atoms with van der Waals surface area (Å²) in [5.41, 5.74) is 1.85. The van der Waals surface area contributed by atoms with E-state index in [1.807, 2.05) is 24.5 Å². The van der Waals surface area contributed by atoms with Crippen LogP contribution in [0.3, 0.4) is 0 Å². The Morgan fingerprint density at radius 1 is 1.30 bits per heavy atom. The summed E-state index contributed by atoms with van der Waals surface area (Å²) in [7, 11) is -1.93. The highest BCUT2D eigenvalue weighted by Gasteiger charge is 2.39. The quantitative estimate of drug-likeness (QED) is 0.147. The molecular weight excluding hydrogens is 485 g/mol. The molecule has 0 spiro atoms. The largest absolute Gasteiger partial charge is 0.508 e. The molecule has 0 fully saturated rings. The normalized spacial score (nSPS) is 14.4. The molecule has 0 radical (unpaired) electrons. The van der Waals surface area contributed by atoms with Gasteiger partial charge in [0.05, 0.1) is 11.8 Å². The Balaban J connectivity index is 2.76. The molecular formula is C20H30Cl3NO4SSi. The smallest absolute Gasteiger partial charge is 0.430 e. The van der Waals surface area contributed by atoms with Gasteiger partial charge in [-0.2, -0.15) is 0 Å². The number of thiazole rings is 1. The number of nitrogens with zero attached hydrogens (tertiary/aromatic N) is 1. The first kappa shape index (κ1) is 27.5. The number of carbonyl (C=O) groups is 1. The Labute approximate surface area is 199 Å². The first-order valence-electron chi connectivity index (χ1n) is 9.42. The van der Waals surface area contributed by atoms with E-state index in [2.05, 4.69) is 45.4 Å². The molecule has 1 atom stereocenters. The standard InChI is InChI=1S/C20H30Cl3NO4SSi/c1-8-9-16(28-30(6,7)19(3,4)5)14(2)10-15-12-29-17(24-15)11-26-18(25)27-13-20(21,22)23/h8,10,12,16H,1,9,11,13H2,2-7H3/b14-10+. The van der Waals surface area contributed by atoms with Crippen molar-refractivity contribution in [1.82, 2.24) is 4.98 Å². The predicted molar refractivity (Wildman–Crippen MR) is 129 cm³/mol. The minimum Gasteiger partial charge on any atom is -0.430 e. The summed E-state index contributed by atoms with van der Waals surface area (Å²) in [4.78, 5) is 16.0. The lowest BCUT2D eigenvalue weighted by atomic mass is 10.1. The zero-order valence-electron chi connectivity index (χ0n) is 18.3. The molecule has 0 saturated carbocycles. The summed E-state index contributed by atoms with van der Waals surface area (Å²) in [5, 5.41) is 2.64. The first-order chi connectivity index (χ1) is 13.6. The van der Waals surface area contributed by atoms with E-state index in [0.29, 0.717) is 5.01 Å². The lowest BCUT2D eigenvalue weighted by Crippen LogP contribution is -2.44. The maximum atomic E-state index is 11.5. The van der Waals surface area contributed by atoms with Gasteiger partial charge >= 0.3 is 6.16 Å². The predicted octanol–water partition coefficient (Wildman–Crippen LogP) is 7.54. The highest BCUT2D eigenvalue weighted by atomic mass is 35.6. The summed E-state index contributed by atoms with van der Waals surface area (Å²) in [6, 6.07) is 0. The van der Waals surface area contributed by atoms with Crippen molar-refractivity contribution in [3.8, 4) is 0 Å². The van der Waals surface area contributed by atoms with Crippen LogP contribution >= 0.6 is 46.1 Å². The molecule has 0 aliphatic rings. The van der Waals surface area contributed by atoms with Crippen molar-refractivity contribution in [1.29, 1.82) is 0 Å². The van der Waals surface area contributed by atoms with Crippen molar-refractivity contribution in [3.05, 3.63) is 34.3 Å². The Morgan fingerprint density at radius 2 is 1.93 bits per heavy atom. The second-order valence-corrected chi connectivity index (χ2v) is 16.6. The molecule has 0 aromatic carbocycles. The van der Waals surface area contributed by atoms with Gasteiger partial charge in [-0.1, -0.05) is 61.7 Å². The Morgan fingerprint density at radius 3 is 2.47 bits per heavy atom. The van der Waals surface area contributed by atoms with Crippen molar-refractivity contribution in [2.75, 3.05) is 6.61 Å². The number of aromatic nitrogens is 1. The minimum atomic E-state index is -1.93. The second kappa shape index (κ2) is 11.3. The van der Waals surface area contributed by atoms with Crippen LogP contribution < -0.4 is 0 Å². The van der Waals surface area contributed by atoms with Gasteiger partial charge in [0.2, 0.25) is 3.79 Å². The minimum absolute atomic E-state index is 0.0210. The van der Waals surface area contributed by atoms with Crippen LogP contribution in [0.1, 0.15) is 44.8 Å². The van der Waals surface area contributed by atoms with E-state index in [1.54, 1.807) is 0 Å². The van der Waals surface area contributed by atoms with Crippen LogP contribution in [0.5, 0.6) is 0 Å². The molecule has 1 aromatic rings. The molecule has 10 heteroatoms. The summed E-state index contributed by atoms with van der Waals surface area (Å²) in [5.74, 6) is 0. The number of rotatable bonds is 9. The van der Waals surface area contributed by atoms with Crippen molar-refractivity contribution in [2.45, 2.75) is 68.8 Å². The second-order valence-electron chi connectivity index (χ2n) is 8.39. The monoisotopic (exact) mass is 513 g/mol. The zero-order chi connectivity index (χ0) is 23.2. The number of ether oxygens (including phenoxy) is 2. The zero-order valence-corrected chi connectivity index (χ0v) is 22.3. The third-order valence-electron chi connectivity index (χ3n) is 4.74. The van der Waals surface area contributed by atoms with E-state index in [9.17, 15) is 4.79 Å². The summed E-state index contributed by atoms with van der Waals surface area (Å²) < 4.78 is 14.6. The fraction of sp³-hybridized carbons (Fsp3) is 0.600. The number of alkyl halides is 3. The highest BCUT2D eigenvalue weighted by molar-refractivity contribution is 7.09. The summed E-state index contributed by atoms with van der Waals surface area (Å²) in [6.45, 7) is 16.6. The molecule has 0 amide bonds. The van der Waals surface area contributed by atoms with Crippen molar-refractivity contribution < 1.29 is 18.7 Å². The Bertz CT molecular complexity index is 754. The molecule has 0 aliphatic heterocycles. The van der Waals surface area contributed by atoms with Gasteiger partial charge in [0.15, 0.2) is 8.32 Å². The van der Waals surface area contributed by atoms with Crippen LogP contribution in [-0.4, -0.2) is 36.0 Å². The van der Waals surface area contributed by atoms with E-state index in [1.165, 1.54) is 11.3 Å². The summed E-state index contributed by atoms with van der Waals surface area (Å²) in [6.07, 6.45) is 3.62. The SMILES string of the molecule is C=CCC(O[Si](C)(C)C(C)(C)C)/C(C)=C/c1csc(COC(=O)OCC(Cl)(Cl)Cl)n1. The maximum Gasteiger partial charge on any atom is 0.508 e. The van der Waals surface area contributed by atoms with Crippen LogP contribution in [0.15, 0.2) is 23.6 Å². The summed E-state index contributed by atoms with van der Waals surface area (Å²) >= 11 is 18.0. The average molecular weight is 515 g/mol. The molecule has 0 N–H and O–H groups in total. The molecule has 5 nitrogen and oxygen atoms in total. The van der Waals surface area contributed by atoms with Gasteiger partial charge in [0.1, 0.15) is 18.2 Å². The van der Waals surface area contributed by atoms with Crippen LogP contribution in [0.4, 0.5) is 4.79 Å². The van der Waals surface area contributed by atoms with Gasteiger partial charge in [-0.15, -0.1) is 17.9 Å².